The molecule has 0 bridgehead atoms. The molecular weight excluding hydrogens is 213 g/mol. The smallest absolute Gasteiger partial charge is 0.355 e. The van der Waals surface area contributed by atoms with Gasteiger partial charge in [-0.05, 0) is 13.8 Å². The Hall–Kier alpha value is -0.820. The van der Waals surface area contributed by atoms with Crippen LogP contribution in [-0.2, 0) is 9.53 Å². The number of hydrogen-bond acceptors (Lipinski definition) is 3. The molecule has 0 spiro atoms. The van der Waals surface area contributed by atoms with Crippen molar-refractivity contribution in [2.24, 2.45) is 0 Å². The third-order valence-electron chi connectivity index (χ3n) is 1.56. The van der Waals surface area contributed by atoms with E-state index in [2.05, 4.69) is 15.4 Å². The summed E-state index contributed by atoms with van der Waals surface area (Å²) >= 11 is 0. The van der Waals surface area contributed by atoms with Crippen LogP contribution >= 0.6 is 0 Å². The average Bonchev–Trinajstić information content (AvgIpc) is 2.11. The van der Waals surface area contributed by atoms with Gasteiger partial charge in [-0.3, -0.25) is 9.53 Å². The van der Waals surface area contributed by atoms with Gasteiger partial charge in [0.05, 0.1) is 12.6 Å². The van der Waals surface area contributed by atoms with Gasteiger partial charge < -0.3 is 10.6 Å². The molecular formula is C8H15F3N2O2. The predicted octanol–water partition coefficient (Wildman–Crippen LogP) is 0.637. The fourth-order valence-corrected chi connectivity index (χ4v) is 0.862. The van der Waals surface area contributed by atoms with Gasteiger partial charge in [0.25, 0.3) is 0 Å². The van der Waals surface area contributed by atoms with Gasteiger partial charge in [0.15, 0.2) is 0 Å². The Morgan fingerprint density at radius 3 is 2.53 bits per heavy atom. The number of likely N-dealkylation sites (N-methyl/N-ethyl adjacent to an activating group) is 1. The summed E-state index contributed by atoms with van der Waals surface area (Å²) in [6.07, 6.45) is -4.61. The Labute approximate surface area is 86.2 Å². The molecule has 1 atom stereocenters. The number of carbonyl (C=O) groups is 1. The summed E-state index contributed by atoms with van der Waals surface area (Å²) in [5.74, 6) is -0.246. The zero-order valence-corrected chi connectivity index (χ0v) is 8.65. The molecule has 90 valence electrons. The molecule has 0 aliphatic rings. The molecule has 0 radical (unpaired) electrons. The largest absolute Gasteiger partial charge is 0.522 e. The number of amides is 1. The first-order chi connectivity index (χ1) is 6.87. The first-order valence-electron chi connectivity index (χ1n) is 4.58. The highest BCUT2D eigenvalue weighted by molar-refractivity contribution is 5.81. The van der Waals surface area contributed by atoms with Crippen molar-refractivity contribution in [1.29, 1.82) is 0 Å². The highest BCUT2D eigenvalue weighted by Gasteiger charge is 2.28. The normalized spacial score (nSPS) is 13.7. The third-order valence-corrected chi connectivity index (χ3v) is 1.56. The van der Waals surface area contributed by atoms with Crippen LogP contribution in [0.2, 0.25) is 0 Å². The van der Waals surface area contributed by atoms with Gasteiger partial charge in [-0.25, -0.2) is 0 Å². The lowest BCUT2D eigenvalue weighted by molar-refractivity contribution is -0.323. The van der Waals surface area contributed by atoms with Gasteiger partial charge in [-0.1, -0.05) is 0 Å². The first kappa shape index (κ1) is 14.2. The van der Waals surface area contributed by atoms with Gasteiger partial charge in [0.1, 0.15) is 0 Å². The second kappa shape index (κ2) is 6.62. The lowest BCUT2D eigenvalue weighted by Crippen LogP contribution is -2.43. The quantitative estimate of drug-likeness (QED) is 0.656. The van der Waals surface area contributed by atoms with E-state index in [9.17, 15) is 18.0 Å². The Kier molecular flexibility index (Phi) is 6.26. The first-order valence-corrected chi connectivity index (χ1v) is 4.58. The van der Waals surface area contributed by atoms with Crippen LogP contribution in [0.15, 0.2) is 0 Å². The minimum absolute atomic E-state index is 0.0299. The molecule has 0 saturated carbocycles. The minimum atomic E-state index is -4.61. The topological polar surface area (TPSA) is 50.4 Å². The fourth-order valence-electron chi connectivity index (χ4n) is 0.862. The second-order valence-corrected chi connectivity index (χ2v) is 2.86. The van der Waals surface area contributed by atoms with E-state index in [1.54, 1.807) is 13.8 Å². The van der Waals surface area contributed by atoms with Crippen molar-refractivity contribution >= 4 is 5.91 Å². The van der Waals surface area contributed by atoms with Crippen LogP contribution < -0.4 is 10.6 Å². The summed E-state index contributed by atoms with van der Waals surface area (Å²) in [4.78, 5) is 11.1. The maximum absolute atomic E-state index is 11.5. The van der Waals surface area contributed by atoms with Crippen molar-refractivity contribution in [2.75, 3.05) is 19.7 Å². The Morgan fingerprint density at radius 1 is 1.47 bits per heavy atom. The lowest BCUT2D eigenvalue weighted by atomic mass is 10.3. The van der Waals surface area contributed by atoms with Crippen molar-refractivity contribution in [2.45, 2.75) is 26.3 Å². The average molecular weight is 228 g/mol. The van der Waals surface area contributed by atoms with Gasteiger partial charge in [0, 0.05) is 13.1 Å². The molecule has 0 aliphatic heterocycles. The van der Waals surface area contributed by atoms with Crippen molar-refractivity contribution in [1.82, 2.24) is 10.6 Å². The molecule has 0 saturated heterocycles. The van der Waals surface area contributed by atoms with Crippen molar-refractivity contribution < 1.29 is 22.7 Å². The Balaban J connectivity index is 3.55. The van der Waals surface area contributed by atoms with Crippen LogP contribution in [0.3, 0.4) is 0 Å². The van der Waals surface area contributed by atoms with Gasteiger partial charge in [0.2, 0.25) is 5.91 Å². The third kappa shape index (κ3) is 8.19. The molecule has 15 heavy (non-hydrogen) atoms. The second-order valence-electron chi connectivity index (χ2n) is 2.86. The molecule has 0 aromatic heterocycles. The van der Waals surface area contributed by atoms with E-state index in [0.29, 0.717) is 6.54 Å². The van der Waals surface area contributed by atoms with Crippen LogP contribution in [0.5, 0.6) is 0 Å². The zero-order chi connectivity index (χ0) is 11.9. The van der Waals surface area contributed by atoms with Gasteiger partial charge >= 0.3 is 6.36 Å². The zero-order valence-electron chi connectivity index (χ0n) is 8.65. The van der Waals surface area contributed by atoms with Gasteiger partial charge in [-0.2, -0.15) is 0 Å². The molecule has 1 amide bonds. The van der Waals surface area contributed by atoms with E-state index in [0.717, 1.165) is 0 Å². The highest BCUT2D eigenvalue weighted by Crippen LogP contribution is 2.15. The fraction of sp³-hybridized carbons (Fsp3) is 0.875. The minimum Gasteiger partial charge on any atom is -0.355 e. The van der Waals surface area contributed by atoms with Crippen LogP contribution in [0.1, 0.15) is 13.8 Å². The van der Waals surface area contributed by atoms with Crippen LogP contribution in [0.4, 0.5) is 13.2 Å². The maximum atomic E-state index is 11.5. The number of carbonyl (C=O) groups excluding carboxylic acids is 1. The number of hydrogen-bond donors (Lipinski definition) is 2. The van der Waals surface area contributed by atoms with E-state index in [-0.39, 0.29) is 12.5 Å². The monoisotopic (exact) mass is 228 g/mol. The summed E-state index contributed by atoms with van der Waals surface area (Å²) in [7, 11) is 0. The molecule has 0 aromatic rings. The van der Waals surface area contributed by atoms with Crippen molar-refractivity contribution in [3.63, 3.8) is 0 Å². The van der Waals surface area contributed by atoms with E-state index in [4.69, 9.17) is 0 Å². The van der Waals surface area contributed by atoms with E-state index in [1.807, 2.05) is 0 Å². The molecule has 1 unspecified atom stereocenters. The number of halogens is 3. The standard InChI is InChI=1S/C8H15F3N2O2/c1-3-12-7(14)6(2)13-4-5-15-8(9,10)11/h6,13H,3-5H2,1-2H3,(H,12,14). The highest BCUT2D eigenvalue weighted by atomic mass is 19.4. The molecule has 0 aromatic carbocycles. The molecule has 0 aliphatic carbocycles. The molecule has 0 fully saturated rings. The maximum Gasteiger partial charge on any atom is 0.522 e. The van der Waals surface area contributed by atoms with Crippen molar-refractivity contribution in [3.8, 4) is 0 Å². The molecule has 0 heterocycles. The van der Waals surface area contributed by atoms with Crippen molar-refractivity contribution in [3.05, 3.63) is 0 Å². The molecule has 0 rings (SSSR count). The Bertz CT molecular complexity index is 197. The van der Waals surface area contributed by atoms with Gasteiger partial charge in [-0.15, -0.1) is 13.2 Å². The lowest BCUT2D eigenvalue weighted by Gasteiger charge is -2.13. The van der Waals surface area contributed by atoms with Crippen LogP contribution in [0.25, 0.3) is 0 Å². The number of nitrogens with one attached hydrogen (secondary N) is 2. The molecule has 4 nitrogen and oxygen atoms in total. The van der Waals surface area contributed by atoms with Crippen LogP contribution in [-0.4, -0.2) is 38.0 Å². The Morgan fingerprint density at radius 2 is 2.07 bits per heavy atom. The number of ether oxygens (including phenoxy) is 1. The summed E-state index contributed by atoms with van der Waals surface area (Å²) in [6.45, 7) is 3.28. The predicted molar refractivity (Wildman–Crippen MR) is 48.2 cm³/mol. The summed E-state index contributed by atoms with van der Waals surface area (Å²) < 4.78 is 38.1. The number of rotatable bonds is 6. The summed E-state index contributed by atoms with van der Waals surface area (Å²) in [5, 5.41) is 5.14. The van der Waals surface area contributed by atoms with E-state index >= 15 is 0 Å². The molecule has 7 heteroatoms. The molecule has 2 N–H and O–H groups in total. The van der Waals surface area contributed by atoms with Crippen LogP contribution in [0, 0.1) is 0 Å². The number of alkyl halides is 3. The summed E-state index contributed by atoms with van der Waals surface area (Å²) in [5.41, 5.74) is 0. The summed E-state index contributed by atoms with van der Waals surface area (Å²) in [6, 6.07) is -0.526. The SMILES string of the molecule is CCNC(=O)C(C)NCCOC(F)(F)F. The van der Waals surface area contributed by atoms with E-state index < -0.39 is 19.0 Å². The van der Waals surface area contributed by atoms with E-state index in [1.165, 1.54) is 0 Å².